The van der Waals surface area contributed by atoms with E-state index in [0.29, 0.717) is 17.4 Å². The van der Waals surface area contributed by atoms with Crippen LogP contribution in [0, 0.1) is 17.5 Å². The second-order valence-electron chi connectivity index (χ2n) is 7.33. The van der Waals surface area contributed by atoms with Crippen molar-refractivity contribution >= 4 is 21.7 Å². The number of halogens is 3. The summed E-state index contributed by atoms with van der Waals surface area (Å²) in [6.07, 6.45) is 2.69. The van der Waals surface area contributed by atoms with Crippen molar-refractivity contribution in [2.75, 3.05) is 17.6 Å². The van der Waals surface area contributed by atoms with Gasteiger partial charge in [0.25, 0.3) is 0 Å². The van der Waals surface area contributed by atoms with Crippen LogP contribution in [0.25, 0.3) is 11.3 Å². The fraction of sp³-hybridized carbons (Fsp3) is 0.0870. The number of nitrogens with zero attached hydrogens (tertiary/aromatic N) is 3. The summed E-state index contributed by atoms with van der Waals surface area (Å²) in [6, 6.07) is 11.1. The zero-order valence-electron chi connectivity index (χ0n) is 18.6. The lowest BCUT2D eigenvalue weighted by atomic mass is 10.2. The maximum absolute atomic E-state index is 14.8. The molecule has 13 heteroatoms. The lowest BCUT2D eigenvalue weighted by molar-refractivity contribution is 0.401. The average Bonchev–Trinajstić information content (AvgIpc) is 2.85. The molecule has 36 heavy (non-hydrogen) atoms. The van der Waals surface area contributed by atoms with Gasteiger partial charge in [-0.3, -0.25) is 4.72 Å². The van der Waals surface area contributed by atoms with Gasteiger partial charge in [-0.25, -0.2) is 32.2 Å². The van der Waals surface area contributed by atoms with E-state index in [1.165, 1.54) is 55.9 Å². The summed E-state index contributed by atoms with van der Waals surface area (Å²) in [7, 11) is -2.86. The standard InChI is InChI=1S/C23H18F3N5O4S/c1-34-14-6-4-13(5-7-14)12-36(32,33)31-21-16(24)11-18(19(25)20(21)26)35-22-15(3-2-9-28-22)17-8-10-29-23(27)30-17/h2-11,31H,12H2,1H3,(H2,27,29,30). The van der Waals surface area contributed by atoms with Crippen LogP contribution in [0.2, 0.25) is 0 Å². The SMILES string of the molecule is COc1ccc(CS(=O)(=O)Nc2c(F)cc(Oc3ncccc3-c3ccnc(N)n3)c(F)c2F)cc1. The maximum Gasteiger partial charge on any atom is 0.237 e. The Balaban J connectivity index is 1.61. The Bertz CT molecular complexity index is 1520. The molecule has 0 radical (unpaired) electrons. The van der Waals surface area contributed by atoms with Crippen molar-refractivity contribution in [3.63, 3.8) is 0 Å². The van der Waals surface area contributed by atoms with Gasteiger partial charge in [-0.2, -0.15) is 4.39 Å². The third-order valence-electron chi connectivity index (χ3n) is 4.83. The molecule has 0 atom stereocenters. The third kappa shape index (κ3) is 5.46. The minimum Gasteiger partial charge on any atom is -0.497 e. The molecule has 2 aromatic carbocycles. The molecule has 0 fully saturated rings. The summed E-state index contributed by atoms with van der Waals surface area (Å²) in [4.78, 5) is 11.8. The van der Waals surface area contributed by atoms with Crippen LogP contribution in [-0.4, -0.2) is 30.5 Å². The molecule has 0 aliphatic rings. The second-order valence-corrected chi connectivity index (χ2v) is 9.05. The number of nitrogen functional groups attached to an aromatic ring is 1. The second kappa shape index (κ2) is 10.1. The summed E-state index contributed by atoms with van der Waals surface area (Å²) in [5.41, 5.74) is 5.24. The fourth-order valence-corrected chi connectivity index (χ4v) is 4.37. The highest BCUT2D eigenvalue weighted by molar-refractivity contribution is 7.91. The van der Waals surface area contributed by atoms with Crippen LogP contribution in [0.15, 0.2) is 60.9 Å². The highest BCUT2D eigenvalue weighted by atomic mass is 32.2. The molecular formula is C23H18F3N5O4S. The van der Waals surface area contributed by atoms with E-state index in [0.717, 1.165) is 0 Å². The summed E-state index contributed by atoms with van der Waals surface area (Å²) in [5, 5.41) is 0. The van der Waals surface area contributed by atoms with E-state index >= 15 is 0 Å². The number of nitrogens with one attached hydrogen (secondary N) is 1. The number of hydrogen-bond acceptors (Lipinski definition) is 8. The molecule has 0 bridgehead atoms. The van der Waals surface area contributed by atoms with Crippen LogP contribution in [0.5, 0.6) is 17.4 Å². The number of methoxy groups -OCH3 is 1. The number of ether oxygens (including phenoxy) is 2. The van der Waals surface area contributed by atoms with Gasteiger partial charge in [-0.15, -0.1) is 0 Å². The molecule has 2 heterocycles. The quantitative estimate of drug-likeness (QED) is 0.331. The molecular weight excluding hydrogens is 499 g/mol. The van der Waals surface area contributed by atoms with Crippen molar-refractivity contribution in [3.8, 4) is 28.6 Å². The number of rotatable bonds is 8. The Kier molecular flexibility index (Phi) is 6.92. The number of sulfonamides is 1. The molecule has 2 aromatic heterocycles. The van der Waals surface area contributed by atoms with Crippen molar-refractivity contribution in [2.24, 2.45) is 0 Å². The molecule has 0 spiro atoms. The average molecular weight is 517 g/mol. The molecule has 0 aliphatic heterocycles. The van der Waals surface area contributed by atoms with Crippen LogP contribution in [0.3, 0.4) is 0 Å². The summed E-state index contributed by atoms with van der Waals surface area (Å²) < 4.78 is 81.4. The minimum absolute atomic E-state index is 0.0446. The van der Waals surface area contributed by atoms with Crippen molar-refractivity contribution < 1.29 is 31.1 Å². The van der Waals surface area contributed by atoms with Crippen LogP contribution in [-0.2, 0) is 15.8 Å². The first-order chi connectivity index (χ1) is 17.2. The Morgan fingerprint density at radius 2 is 1.75 bits per heavy atom. The number of anilines is 2. The van der Waals surface area contributed by atoms with Crippen LogP contribution >= 0.6 is 0 Å². The summed E-state index contributed by atoms with van der Waals surface area (Å²) in [6.45, 7) is 0. The van der Waals surface area contributed by atoms with E-state index in [4.69, 9.17) is 15.2 Å². The Morgan fingerprint density at radius 1 is 1.00 bits per heavy atom. The van der Waals surface area contributed by atoms with Gasteiger partial charge in [-0.05, 0) is 35.9 Å². The van der Waals surface area contributed by atoms with Gasteiger partial charge in [0.05, 0.1) is 24.1 Å². The maximum atomic E-state index is 14.8. The number of hydrogen-bond donors (Lipinski definition) is 2. The number of aromatic nitrogens is 3. The number of pyridine rings is 1. The summed E-state index contributed by atoms with van der Waals surface area (Å²) in [5.74, 6) is -6.05. The zero-order chi connectivity index (χ0) is 25.9. The molecule has 9 nitrogen and oxygen atoms in total. The van der Waals surface area contributed by atoms with Gasteiger partial charge in [0.15, 0.2) is 17.4 Å². The Hall–Kier alpha value is -4.39. The molecule has 0 saturated carbocycles. The lowest BCUT2D eigenvalue weighted by Gasteiger charge is -2.14. The molecule has 0 aliphatic carbocycles. The van der Waals surface area contributed by atoms with Crippen LogP contribution in [0.4, 0.5) is 24.8 Å². The lowest BCUT2D eigenvalue weighted by Crippen LogP contribution is -2.18. The fourth-order valence-electron chi connectivity index (χ4n) is 3.17. The molecule has 4 aromatic rings. The molecule has 186 valence electrons. The van der Waals surface area contributed by atoms with Crippen molar-refractivity contribution in [1.29, 1.82) is 0 Å². The molecule has 0 amide bonds. The van der Waals surface area contributed by atoms with Gasteiger partial charge in [0.1, 0.15) is 11.4 Å². The first-order valence-corrected chi connectivity index (χ1v) is 11.8. The van der Waals surface area contributed by atoms with Gasteiger partial charge >= 0.3 is 0 Å². The predicted molar refractivity (Wildman–Crippen MR) is 125 cm³/mol. The molecule has 0 saturated heterocycles. The number of nitrogens with two attached hydrogens (primary N) is 1. The van der Waals surface area contributed by atoms with Gasteiger partial charge < -0.3 is 15.2 Å². The van der Waals surface area contributed by atoms with E-state index in [1.807, 2.05) is 0 Å². The highest BCUT2D eigenvalue weighted by Crippen LogP contribution is 2.35. The van der Waals surface area contributed by atoms with Gasteiger partial charge in [-0.1, -0.05) is 12.1 Å². The van der Waals surface area contributed by atoms with Crippen molar-refractivity contribution in [3.05, 3.63) is 83.9 Å². The molecule has 4 rings (SSSR count). The topological polar surface area (TPSA) is 129 Å². The van der Waals surface area contributed by atoms with E-state index < -0.39 is 44.7 Å². The van der Waals surface area contributed by atoms with Crippen LogP contribution < -0.4 is 19.9 Å². The van der Waals surface area contributed by atoms with Crippen molar-refractivity contribution in [1.82, 2.24) is 15.0 Å². The van der Waals surface area contributed by atoms with E-state index in [2.05, 4.69) is 15.0 Å². The van der Waals surface area contributed by atoms with Gasteiger partial charge in [0.2, 0.25) is 27.7 Å². The van der Waals surface area contributed by atoms with Gasteiger partial charge in [0, 0.05) is 18.5 Å². The zero-order valence-corrected chi connectivity index (χ0v) is 19.4. The first kappa shape index (κ1) is 24.7. The smallest absolute Gasteiger partial charge is 0.237 e. The van der Waals surface area contributed by atoms with E-state index in [1.54, 1.807) is 10.8 Å². The van der Waals surface area contributed by atoms with Crippen LogP contribution in [0.1, 0.15) is 5.56 Å². The summed E-state index contributed by atoms with van der Waals surface area (Å²) >= 11 is 0. The van der Waals surface area contributed by atoms with E-state index in [-0.39, 0.29) is 23.1 Å². The number of benzene rings is 2. The predicted octanol–water partition coefficient (Wildman–Crippen LogP) is 4.28. The Labute approximate surface area is 203 Å². The minimum atomic E-state index is -4.30. The third-order valence-corrected chi connectivity index (χ3v) is 6.05. The highest BCUT2D eigenvalue weighted by Gasteiger charge is 2.25. The molecule has 0 unspecified atom stereocenters. The monoisotopic (exact) mass is 517 g/mol. The normalized spacial score (nSPS) is 11.2. The largest absolute Gasteiger partial charge is 0.497 e. The Morgan fingerprint density at radius 3 is 2.44 bits per heavy atom. The molecule has 3 N–H and O–H groups in total. The van der Waals surface area contributed by atoms with E-state index in [9.17, 15) is 21.6 Å². The first-order valence-electron chi connectivity index (χ1n) is 10.2. The van der Waals surface area contributed by atoms with Crippen molar-refractivity contribution in [2.45, 2.75) is 5.75 Å².